The normalized spacial score (nSPS) is 18.8. The van der Waals surface area contributed by atoms with Gasteiger partial charge in [-0.15, -0.1) is 0 Å². The minimum atomic E-state index is -2.71. The van der Waals surface area contributed by atoms with Crippen LogP contribution in [-0.4, -0.2) is 0 Å². The van der Waals surface area contributed by atoms with Crippen molar-refractivity contribution in [2.45, 2.75) is 18.8 Å². The minimum Gasteiger partial charge on any atom is -0.201 e. The summed E-state index contributed by atoms with van der Waals surface area (Å²) in [5.74, 6) is -2.71. The van der Waals surface area contributed by atoms with E-state index in [4.69, 9.17) is 11.6 Å². The van der Waals surface area contributed by atoms with Gasteiger partial charge >= 0.3 is 0 Å². The SMILES string of the molecule is FC1(F)CCc2c(Br)cc(Cl)cc21. The molecule has 0 aliphatic heterocycles. The third-order valence-electron chi connectivity index (χ3n) is 2.24. The van der Waals surface area contributed by atoms with Crippen LogP contribution in [-0.2, 0) is 12.3 Å². The number of benzene rings is 1. The fourth-order valence-corrected chi connectivity index (χ4v) is 2.61. The highest BCUT2D eigenvalue weighted by molar-refractivity contribution is 9.10. The first-order chi connectivity index (χ1) is 6.00. The quantitative estimate of drug-likeness (QED) is 0.663. The smallest absolute Gasteiger partial charge is 0.201 e. The van der Waals surface area contributed by atoms with Crippen molar-refractivity contribution in [1.82, 2.24) is 0 Å². The third-order valence-corrected chi connectivity index (χ3v) is 3.17. The van der Waals surface area contributed by atoms with Gasteiger partial charge in [-0.2, -0.15) is 0 Å². The first-order valence-electron chi connectivity index (χ1n) is 3.87. The Kier molecular flexibility index (Phi) is 2.11. The van der Waals surface area contributed by atoms with Crippen molar-refractivity contribution in [2.75, 3.05) is 0 Å². The first-order valence-corrected chi connectivity index (χ1v) is 5.04. The summed E-state index contributed by atoms with van der Waals surface area (Å²) in [4.78, 5) is 0. The van der Waals surface area contributed by atoms with Gasteiger partial charge in [-0.3, -0.25) is 0 Å². The predicted octanol–water partition coefficient (Wildman–Crippen LogP) is 4.14. The minimum absolute atomic E-state index is 0.0758. The van der Waals surface area contributed by atoms with Crippen molar-refractivity contribution in [3.8, 4) is 0 Å². The Balaban J connectivity index is 2.65. The Morgan fingerprint density at radius 1 is 1.38 bits per heavy atom. The summed E-state index contributed by atoms with van der Waals surface area (Å²) in [6.07, 6.45) is 0.307. The molecule has 13 heavy (non-hydrogen) atoms. The second kappa shape index (κ2) is 2.92. The monoisotopic (exact) mass is 266 g/mol. The van der Waals surface area contributed by atoms with Gasteiger partial charge in [0, 0.05) is 21.5 Å². The van der Waals surface area contributed by atoms with E-state index in [0.29, 0.717) is 21.5 Å². The summed E-state index contributed by atoms with van der Waals surface area (Å²) < 4.78 is 27.1. The van der Waals surface area contributed by atoms with Gasteiger partial charge in [0.1, 0.15) is 0 Å². The topological polar surface area (TPSA) is 0 Å². The molecule has 70 valence electrons. The van der Waals surface area contributed by atoms with E-state index in [-0.39, 0.29) is 12.0 Å². The highest BCUT2D eigenvalue weighted by atomic mass is 79.9. The van der Waals surface area contributed by atoms with E-state index in [1.54, 1.807) is 6.07 Å². The Morgan fingerprint density at radius 3 is 2.77 bits per heavy atom. The van der Waals surface area contributed by atoms with Crippen LogP contribution in [0.1, 0.15) is 17.5 Å². The lowest BCUT2D eigenvalue weighted by molar-refractivity contribution is -0.00183. The molecular weight excluding hydrogens is 261 g/mol. The lowest BCUT2D eigenvalue weighted by Gasteiger charge is -2.10. The van der Waals surface area contributed by atoms with E-state index < -0.39 is 5.92 Å². The maximum absolute atomic E-state index is 13.2. The van der Waals surface area contributed by atoms with Crippen LogP contribution >= 0.6 is 27.5 Å². The van der Waals surface area contributed by atoms with Crippen molar-refractivity contribution >= 4 is 27.5 Å². The van der Waals surface area contributed by atoms with Crippen LogP contribution in [0.4, 0.5) is 8.78 Å². The Hall–Kier alpha value is -0.150. The van der Waals surface area contributed by atoms with Crippen molar-refractivity contribution in [1.29, 1.82) is 0 Å². The van der Waals surface area contributed by atoms with E-state index in [0.717, 1.165) is 0 Å². The highest BCUT2D eigenvalue weighted by Crippen LogP contribution is 2.45. The van der Waals surface area contributed by atoms with E-state index in [2.05, 4.69) is 15.9 Å². The standard InChI is InChI=1S/C9H6BrClF2/c10-8-4-5(11)3-7-6(8)1-2-9(7,12)13/h3-4H,1-2H2. The number of halogens is 4. The van der Waals surface area contributed by atoms with Crippen LogP contribution in [0, 0.1) is 0 Å². The summed E-state index contributed by atoms with van der Waals surface area (Å²) in [6, 6.07) is 3.01. The average molecular weight is 268 g/mol. The van der Waals surface area contributed by atoms with Crippen LogP contribution in [0.5, 0.6) is 0 Å². The average Bonchev–Trinajstić information content (AvgIpc) is 2.28. The molecule has 0 amide bonds. The van der Waals surface area contributed by atoms with Crippen LogP contribution < -0.4 is 0 Å². The summed E-state index contributed by atoms with van der Waals surface area (Å²) in [6.45, 7) is 0. The maximum atomic E-state index is 13.2. The molecule has 0 nitrogen and oxygen atoms in total. The second-order valence-corrected chi connectivity index (χ2v) is 4.41. The zero-order valence-electron chi connectivity index (χ0n) is 6.58. The van der Waals surface area contributed by atoms with Crippen LogP contribution in [0.15, 0.2) is 16.6 Å². The Labute approximate surface area is 88.0 Å². The fourth-order valence-electron chi connectivity index (χ4n) is 1.60. The molecule has 0 aromatic heterocycles. The number of fused-ring (bicyclic) bond motifs is 1. The van der Waals surface area contributed by atoms with Gasteiger partial charge in [-0.05, 0) is 24.1 Å². The molecule has 0 bridgehead atoms. The third kappa shape index (κ3) is 1.48. The molecule has 0 radical (unpaired) electrons. The van der Waals surface area contributed by atoms with Gasteiger partial charge in [0.15, 0.2) is 0 Å². The molecule has 1 aromatic rings. The first kappa shape index (κ1) is 9.41. The maximum Gasteiger partial charge on any atom is 0.273 e. The van der Waals surface area contributed by atoms with E-state index >= 15 is 0 Å². The molecule has 0 fully saturated rings. The number of hydrogen-bond acceptors (Lipinski definition) is 0. The van der Waals surface area contributed by atoms with Crippen molar-refractivity contribution in [3.05, 3.63) is 32.8 Å². The molecule has 2 rings (SSSR count). The molecule has 4 heteroatoms. The van der Waals surface area contributed by atoms with Gasteiger partial charge in [0.25, 0.3) is 5.92 Å². The molecule has 1 aliphatic carbocycles. The van der Waals surface area contributed by atoms with Crippen molar-refractivity contribution in [3.63, 3.8) is 0 Å². The summed E-state index contributed by atoms with van der Waals surface area (Å²) in [5.41, 5.74) is 0.765. The summed E-state index contributed by atoms with van der Waals surface area (Å²) >= 11 is 8.92. The van der Waals surface area contributed by atoms with E-state index in [1.807, 2.05) is 0 Å². The van der Waals surface area contributed by atoms with Gasteiger partial charge in [-0.25, -0.2) is 8.78 Å². The summed E-state index contributed by atoms with van der Waals surface area (Å²) in [7, 11) is 0. The lowest BCUT2D eigenvalue weighted by Crippen LogP contribution is -2.07. The molecule has 0 N–H and O–H groups in total. The number of alkyl halides is 2. The fraction of sp³-hybridized carbons (Fsp3) is 0.333. The van der Waals surface area contributed by atoms with Crippen molar-refractivity contribution < 1.29 is 8.78 Å². The molecule has 0 saturated heterocycles. The molecule has 1 aliphatic rings. The summed E-state index contributed by atoms with van der Waals surface area (Å²) in [5, 5.41) is 0.354. The molecular formula is C9H6BrClF2. The Bertz CT molecular complexity index is 363. The zero-order chi connectivity index (χ0) is 9.64. The Morgan fingerprint density at radius 2 is 2.08 bits per heavy atom. The number of rotatable bonds is 0. The molecule has 0 saturated carbocycles. The second-order valence-electron chi connectivity index (χ2n) is 3.12. The highest BCUT2D eigenvalue weighted by Gasteiger charge is 2.40. The number of hydrogen-bond donors (Lipinski definition) is 0. The predicted molar refractivity (Wildman–Crippen MR) is 51.4 cm³/mol. The van der Waals surface area contributed by atoms with Crippen LogP contribution in [0.3, 0.4) is 0 Å². The lowest BCUT2D eigenvalue weighted by atomic mass is 10.1. The van der Waals surface area contributed by atoms with Gasteiger partial charge < -0.3 is 0 Å². The van der Waals surface area contributed by atoms with Crippen LogP contribution in [0.25, 0.3) is 0 Å². The van der Waals surface area contributed by atoms with E-state index in [9.17, 15) is 8.78 Å². The van der Waals surface area contributed by atoms with Crippen LogP contribution in [0.2, 0.25) is 5.02 Å². The van der Waals surface area contributed by atoms with E-state index in [1.165, 1.54) is 6.07 Å². The molecule has 0 heterocycles. The molecule has 0 atom stereocenters. The largest absolute Gasteiger partial charge is 0.273 e. The molecule has 0 unspecified atom stereocenters. The van der Waals surface area contributed by atoms with Gasteiger partial charge in [-0.1, -0.05) is 27.5 Å². The molecule has 0 spiro atoms. The van der Waals surface area contributed by atoms with Gasteiger partial charge in [0.2, 0.25) is 0 Å². The molecule has 1 aromatic carbocycles. The van der Waals surface area contributed by atoms with Crippen molar-refractivity contribution in [2.24, 2.45) is 0 Å². The zero-order valence-corrected chi connectivity index (χ0v) is 8.92. The van der Waals surface area contributed by atoms with Gasteiger partial charge in [0.05, 0.1) is 0 Å².